The molecule has 1 heterocycles. The summed E-state index contributed by atoms with van der Waals surface area (Å²) >= 11 is 0. The standard InChI is InChI=1S/C22H25NO3/c1-17-3-5-18(6-4-17)7-9-21(24)19-8-10-22(25-2)20(15-19)16-23-11-13-26-14-12-23/h3-10,15H,11-14,16H2,1-2H3/b9-7+. The summed E-state index contributed by atoms with van der Waals surface area (Å²) in [6.45, 7) is 6.10. The van der Waals surface area contributed by atoms with E-state index in [0.717, 1.165) is 49.7 Å². The minimum Gasteiger partial charge on any atom is -0.496 e. The second-order valence-corrected chi connectivity index (χ2v) is 6.52. The van der Waals surface area contributed by atoms with Crippen LogP contribution in [0.1, 0.15) is 27.0 Å². The summed E-state index contributed by atoms with van der Waals surface area (Å²) in [6, 6.07) is 13.7. The zero-order valence-corrected chi connectivity index (χ0v) is 15.4. The highest BCUT2D eigenvalue weighted by molar-refractivity contribution is 6.07. The van der Waals surface area contributed by atoms with Gasteiger partial charge < -0.3 is 9.47 Å². The lowest BCUT2D eigenvalue weighted by Gasteiger charge is -2.27. The van der Waals surface area contributed by atoms with Crippen LogP contribution < -0.4 is 4.74 Å². The molecule has 136 valence electrons. The maximum atomic E-state index is 12.6. The van der Waals surface area contributed by atoms with Crippen molar-refractivity contribution >= 4 is 11.9 Å². The van der Waals surface area contributed by atoms with E-state index in [1.807, 2.05) is 55.5 Å². The van der Waals surface area contributed by atoms with Gasteiger partial charge in [-0.2, -0.15) is 0 Å². The number of allylic oxidation sites excluding steroid dienone is 1. The fourth-order valence-corrected chi connectivity index (χ4v) is 3.00. The van der Waals surface area contributed by atoms with Crippen molar-refractivity contribution < 1.29 is 14.3 Å². The number of hydrogen-bond donors (Lipinski definition) is 0. The Kier molecular flexibility index (Phi) is 6.21. The summed E-state index contributed by atoms with van der Waals surface area (Å²) in [6.07, 6.45) is 3.48. The molecule has 4 nitrogen and oxygen atoms in total. The average molecular weight is 351 g/mol. The molecule has 0 saturated carbocycles. The zero-order chi connectivity index (χ0) is 18.4. The van der Waals surface area contributed by atoms with Gasteiger partial charge in [-0.1, -0.05) is 35.9 Å². The highest BCUT2D eigenvalue weighted by Gasteiger charge is 2.15. The molecule has 26 heavy (non-hydrogen) atoms. The van der Waals surface area contributed by atoms with Gasteiger partial charge in [0.2, 0.25) is 0 Å². The Bertz CT molecular complexity index is 774. The van der Waals surface area contributed by atoms with E-state index in [4.69, 9.17) is 9.47 Å². The summed E-state index contributed by atoms with van der Waals surface area (Å²) < 4.78 is 10.9. The molecule has 1 aliphatic heterocycles. The molecular formula is C22H25NO3. The lowest BCUT2D eigenvalue weighted by molar-refractivity contribution is 0.0338. The molecular weight excluding hydrogens is 326 g/mol. The monoisotopic (exact) mass is 351 g/mol. The van der Waals surface area contributed by atoms with Crippen LogP contribution in [0.3, 0.4) is 0 Å². The Hall–Kier alpha value is -2.43. The van der Waals surface area contributed by atoms with Crippen LogP contribution in [0.4, 0.5) is 0 Å². The number of ether oxygens (including phenoxy) is 2. The molecule has 0 amide bonds. The molecule has 4 heteroatoms. The van der Waals surface area contributed by atoms with Crippen molar-refractivity contribution in [1.29, 1.82) is 0 Å². The summed E-state index contributed by atoms with van der Waals surface area (Å²) in [7, 11) is 1.66. The molecule has 0 radical (unpaired) electrons. The van der Waals surface area contributed by atoms with Gasteiger partial charge in [0.15, 0.2) is 5.78 Å². The Morgan fingerprint density at radius 3 is 2.58 bits per heavy atom. The number of rotatable bonds is 6. The van der Waals surface area contributed by atoms with Crippen molar-refractivity contribution in [2.75, 3.05) is 33.4 Å². The van der Waals surface area contributed by atoms with Crippen LogP contribution in [-0.2, 0) is 11.3 Å². The highest BCUT2D eigenvalue weighted by Crippen LogP contribution is 2.23. The van der Waals surface area contributed by atoms with E-state index >= 15 is 0 Å². The Labute approximate surface area is 155 Å². The summed E-state index contributed by atoms with van der Waals surface area (Å²) in [5.41, 5.74) is 3.93. The van der Waals surface area contributed by atoms with Crippen molar-refractivity contribution in [1.82, 2.24) is 4.90 Å². The lowest BCUT2D eigenvalue weighted by atomic mass is 10.0. The molecule has 0 bridgehead atoms. The minimum atomic E-state index is -0.00328. The summed E-state index contributed by atoms with van der Waals surface area (Å²) in [5.74, 6) is 0.812. The van der Waals surface area contributed by atoms with E-state index in [0.29, 0.717) is 5.56 Å². The van der Waals surface area contributed by atoms with Gasteiger partial charge in [-0.3, -0.25) is 9.69 Å². The van der Waals surface area contributed by atoms with Crippen molar-refractivity contribution in [3.63, 3.8) is 0 Å². The van der Waals surface area contributed by atoms with Crippen LogP contribution in [-0.4, -0.2) is 44.1 Å². The zero-order valence-electron chi connectivity index (χ0n) is 15.4. The SMILES string of the molecule is COc1ccc(C(=O)/C=C/c2ccc(C)cc2)cc1CN1CCOCC1. The van der Waals surface area contributed by atoms with Gasteiger partial charge in [0.1, 0.15) is 5.75 Å². The first-order valence-electron chi connectivity index (χ1n) is 8.92. The van der Waals surface area contributed by atoms with Crippen molar-refractivity contribution in [2.45, 2.75) is 13.5 Å². The number of aryl methyl sites for hydroxylation is 1. The summed E-state index contributed by atoms with van der Waals surface area (Å²) in [5, 5.41) is 0. The van der Waals surface area contributed by atoms with E-state index in [1.54, 1.807) is 13.2 Å². The molecule has 0 aliphatic carbocycles. The first-order valence-corrected chi connectivity index (χ1v) is 8.92. The number of ketones is 1. The highest BCUT2D eigenvalue weighted by atomic mass is 16.5. The third-order valence-corrected chi connectivity index (χ3v) is 4.57. The van der Waals surface area contributed by atoms with Gasteiger partial charge in [0.25, 0.3) is 0 Å². The third kappa shape index (κ3) is 4.81. The van der Waals surface area contributed by atoms with E-state index in [9.17, 15) is 4.79 Å². The fourth-order valence-electron chi connectivity index (χ4n) is 3.00. The first kappa shape index (κ1) is 18.4. The smallest absolute Gasteiger partial charge is 0.185 e. The molecule has 0 N–H and O–H groups in total. The normalized spacial score (nSPS) is 15.3. The first-order chi connectivity index (χ1) is 12.7. The Balaban J connectivity index is 1.75. The van der Waals surface area contributed by atoms with E-state index in [2.05, 4.69) is 4.90 Å². The van der Waals surface area contributed by atoms with Crippen molar-refractivity contribution in [3.05, 3.63) is 70.8 Å². The molecule has 2 aromatic rings. The van der Waals surface area contributed by atoms with E-state index < -0.39 is 0 Å². The lowest BCUT2D eigenvalue weighted by Crippen LogP contribution is -2.35. The van der Waals surface area contributed by atoms with Crippen LogP contribution >= 0.6 is 0 Å². The quantitative estimate of drug-likeness (QED) is 0.587. The van der Waals surface area contributed by atoms with Crippen LogP contribution in [0.5, 0.6) is 5.75 Å². The fraction of sp³-hybridized carbons (Fsp3) is 0.318. The van der Waals surface area contributed by atoms with E-state index in [-0.39, 0.29) is 5.78 Å². The minimum absolute atomic E-state index is 0.00328. The molecule has 1 aliphatic rings. The van der Waals surface area contributed by atoms with Gasteiger partial charge >= 0.3 is 0 Å². The molecule has 0 atom stereocenters. The number of hydrogen-bond acceptors (Lipinski definition) is 4. The second kappa shape index (κ2) is 8.79. The number of benzene rings is 2. The summed E-state index contributed by atoms with van der Waals surface area (Å²) in [4.78, 5) is 14.9. The molecule has 0 aromatic heterocycles. The van der Waals surface area contributed by atoms with Gasteiger partial charge in [0, 0.05) is 30.8 Å². The van der Waals surface area contributed by atoms with Crippen LogP contribution in [0.25, 0.3) is 6.08 Å². The maximum absolute atomic E-state index is 12.6. The number of carbonyl (C=O) groups is 1. The number of nitrogens with zero attached hydrogens (tertiary/aromatic N) is 1. The Morgan fingerprint density at radius 1 is 1.15 bits per heavy atom. The predicted octanol–water partition coefficient (Wildman–Crippen LogP) is 3.73. The maximum Gasteiger partial charge on any atom is 0.185 e. The predicted molar refractivity (Wildman–Crippen MR) is 104 cm³/mol. The second-order valence-electron chi connectivity index (χ2n) is 6.52. The van der Waals surface area contributed by atoms with Crippen LogP contribution in [0.15, 0.2) is 48.5 Å². The van der Waals surface area contributed by atoms with Gasteiger partial charge in [-0.05, 0) is 36.8 Å². The van der Waals surface area contributed by atoms with Gasteiger partial charge in [-0.15, -0.1) is 0 Å². The topological polar surface area (TPSA) is 38.8 Å². The third-order valence-electron chi connectivity index (χ3n) is 4.57. The molecule has 0 unspecified atom stereocenters. The number of carbonyl (C=O) groups excluding carboxylic acids is 1. The Morgan fingerprint density at radius 2 is 1.88 bits per heavy atom. The van der Waals surface area contributed by atoms with Crippen LogP contribution in [0.2, 0.25) is 0 Å². The number of methoxy groups -OCH3 is 1. The van der Waals surface area contributed by atoms with Gasteiger partial charge in [0.05, 0.1) is 20.3 Å². The average Bonchev–Trinajstić information content (AvgIpc) is 2.68. The number of morpholine rings is 1. The van der Waals surface area contributed by atoms with Crippen LogP contribution in [0, 0.1) is 6.92 Å². The molecule has 3 rings (SSSR count). The largest absolute Gasteiger partial charge is 0.496 e. The van der Waals surface area contributed by atoms with Crippen molar-refractivity contribution in [3.8, 4) is 5.75 Å². The molecule has 0 spiro atoms. The van der Waals surface area contributed by atoms with Gasteiger partial charge in [-0.25, -0.2) is 0 Å². The van der Waals surface area contributed by atoms with Crippen molar-refractivity contribution in [2.24, 2.45) is 0 Å². The molecule has 2 aromatic carbocycles. The van der Waals surface area contributed by atoms with E-state index in [1.165, 1.54) is 5.56 Å². The molecule has 1 saturated heterocycles. The molecule has 1 fully saturated rings.